The number of nitrogens with zero attached hydrogens (tertiary/aromatic N) is 2. The molecule has 0 spiro atoms. The minimum Gasteiger partial charge on any atom is -0.493 e. The average Bonchev–Trinajstić information content (AvgIpc) is 2.90. The monoisotopic (exact) mass is 546 g/mol. The summed E-state index contributed by atoms with van der Waals surface area (Å²) in [6.07, 6.45) is 2.54. The van der Waals surface area contributed by atoms with Crippen LogP contribution in [-0.4, -0.2) is 19.4 Å². The lowest BCUT2D eigenvalue weighted by Gasteiger charge is -2.19. The number of fused-ring (bicyclic) bond motifs is 1. The zero-order valence-corrected chi connectivity index (χ0v) is 21.7. The van der Waals surface area contributed by atoms with Crippen LogP contribution in [0.25, 0.3) is 33.0 Å². The summed E-state index contributed by atoms with van der Waals surface area (Å²) in [7, 11) is -2.97. The second kappa shape index (κ2) is 11.8. The summed E-state index contributed by atoms with van der Waals surface area (Å²) in [6, 6.07) is 14.3. The van der Waals surface area contributed by atoms with Crippen molar-refractivity contribution in [1.82, 2.24) is 0 Å². The van der Waals surface area contributed by atoms with Crippen LogP contribution in [0.5, 0.6) is 11.5 Å². The van der Waals surface area contributed by atoms with Crippen LogP contribution in [0, 0.1) is 0 Å². The molecule has 0 aliphatic carbocycles. The number of hydrogen-bond acceptors (Lipinski definition) is 5. The van der Waals surface area contributed by atoms with Crippen molar-refractivity contribution in [3.05, 3.63) is 73.3 Å². The maximum absolute atomic E-state index is 13.2. The fraction of sp³-hybridized carbons (Fsp3) is 0.259. The molecule has 198 valence electrons. The number of alkyl halides is 3. The van der Waals surface area contributed by atoms with E-state index in [2.05, 4.69) is 4.52 Å². The predicted molar refractivity (Wildman–Crippen MR) is 133 cm³/mol. The Labute approximate surface area is 217 Å². The molecule has 11 heteroatoms. The third kappa shape index (κ3) is 6.38. The Kier molecular flexibility index (Phi) is 8.44. The van der Waals surface area contributed by atoms with Crippen LogP contribution in [0.15, 0.2) is 73.3 Å². The average molecular weight is 546 g/mol. The zero-order valence-electron chi connectivity index (χ0n) is 20.8. The van der Waals surface area contributed by atoms with E-state index in [-0.39, 0.29) is 12.5 Å². The molecule has 38 heavy (non-hydrogen) atoms. The zero-order chi connectivity index (χ0) is 27.3. The lowest BCUT2D eigenvalue weighted by Crippen LogP contribution is -2.32. The van der Waals surface area contributed by atoms with Crippen LogP contribution in [0.4, 0.5) is 13.2 Å². The van der Waals surface area contributed by atoms with Gasteiger partial charge >= 0.3 is 14.1 Å². The maximum Gasteiger partial charge on any atom is 0.473 e. The van der Waals surface area contributed by atoms with Crippen molar-refractivity contribution in [1.29, 1.82) is 0 Å². The van der Waals surface area contributed by atoms with Gasteiger partial charge in [-0.2, -0.15) is 17.7 Å². The van der Waals surface area contributed by atoms with Crippen LogP contribution >= 0.6 is 7.91 Å². The standard InChI is InChI=1S/C27H26F3N2O5P/c1-3-31-13-9-19(10-14-31)22-6-7-23-24(26(22)36-17-27(28,29)30)8-5-21(25(23)35-4-2)20-11-15-32(16-12-20)18-37-38(33)34/h5-16H,3-4,17-18H2,1-2H3/q+2. The molecule has 0 amide bonds. The van der Waals surface area contributed by atoms with Crippen LogP contribution in [0.2, 0.25) is 0 Å². The molecular formula is C27H26F3N2O5P+2. The molecule has 0 N–H and O–H groups in total. The highest BCUT2D eigenvalue weighted by atomic mass is 31.1. The van der Waals surface area contributed by atoms with Crippen molar-refractivity contribution in [2.45, 2.75) is 33.3 Å². The summed E-state index contributed by atoms with van der Waals surface area (Å²) in [5, 5.41) is 1.10. The number of hydrogen-bond donors (Lipinski definition) is 0. The minimum absolute atomic E-state index is 0.122. The quantitative estimate of drug-likeness (QED) is 0.176. The molecule has 4 rings (SSSR count). The van der Waals surface area contributed by atoms with Crippen molar-refractivity contribution in [3.63, 3.8) is 0 Å². The first-order chi connectivity index (χ1) is 18.2. The molecule has 0 unspecified atom stereocenters. The van der Waals surface area contributed by atoms with Crippen molar-refractivity contribution in [3.8, 4) is 33.8 Å². The van der Waals surface area contributed by atoms with Gasteiger partial charge in [0.1, 0.15) is 18.0 Å². The first kappa shape index (κ1) is 27.3. The number of ether oxygens (including phenoxy) is 2. The first-order valence-electron chi connectivity index (χ1n) is 11.9. The van der Waals surface area contributed by atoms with Gasteiger partial charge in [0, 0.05) is 46.2 Å². The lowest BCUT2D eigenvalue weighted by atomic mass is 9.96. The molecule has 0 bridgehead atoms. The van der Waals surface area contributed by atoms with Gasteiger partial charge in [0.15, 0.2) is 31.4 Å². The van der Waals surface area contributed by atoms with E-state index in [1.165, 1.54) is 0 Å². The van der Waals surface area contributed by atoms with Gasteiger partial charge in [0.05, 0.1) is 6.61 Å². The predicted octanol–water partition coefficient (Wildman–Crippen LogP) is 6.17. The highest BCUT2D eigenvalue weighted by molar-refractivity contribution is 7.24. The molecular weight excluding hydrogens is 520 g/mol. The number of benzene rings is 2. The lowest BCUT2D eigenvalue weighted by molar-refractivity contribution is -0.724. The van der Waals surface area contributed by atoms with E-state index in [0.29, 0.717) is 28.7 Å². The van der Waals surface area contributed by atoms with Crippen molar-refractivity contribution in [2.75, 3.05) is 13.2 Å². The summed E-state index contributed by atoms with van der Waals surface area (Å²) in [4.78, 5) is 0. The molecule has 0 saturated heterocycles. The molecule has 0 atom stereocenters. The van der Waals surface area contributed by atoms with E-state index in [1.807, 2.05) is 49.0 Å². The topological polar surface area (TPSA) is 69.6 Å². The molecule has 2 heterocycles. The summed E-state index contributed by atoms with van der Waals surface area (Å²) in [6.45, 7) is 3.33. The molecule has 0 saturated carbocycles. The van der Waals surface area contributed by atoms with Crippen molar-refractivity contribution >= 4 is 18.7 Å². The fourth-order valence-electron chi connectivity index (χ4n) is 4.10. The molecule has 2 aromatic heterocycles. The van der Waals surface area contributed by atoms with Gasteiger partial charge in [0.2, 0.25) is 0 Å². The van der Waals surface area contributed by atoms with E-state index in [9.17, 15) is 22.3 Å². The molecule has 2 aromatic carbocycles. The van der Waals surface area contributed by atoms with Crippen LogP contribution in [0.3, 0.4) is 0 Å². The number of pyridine rings is 2. The summed E-state index contributed by atoms with van der Waals surface area (Å²) in [5.41, 5.74) is 2.76. The summed E-state index contributed by atoms with van der Waals surface area (Å²) in [5.74, 6) is 0.623. The van der Waals surface area contributed by atoms with Gasteiger partial charge in [-0.3, -0.25) is 0 Å². The minimum atomic E-state index is -4.51. The van der Waals surface area contributed by atoms with E-state index < -0.39 is 20.7 Å². The smallest absolute Gasteiger partial charge is 0.473 e. The van der Waals surface area contributed by atoms with Gasteiger partial charge in [-0.1, -0.05) is 0 Å². The third-order valence-electron chi connectivity index (χ3n) is 5.85. The highest BCUT2D eigenvalue weighted by Gasteiger charge is 2.30. The number of halogens is 3. The van der Waals surface area contributed by atoms with E-state index in [0.717, 1.165) is 23.2 Å². The van der Waals surface area contributed by atoms with Crippen LogP contribution in [0.1, 0.15) is 13.8 Å². The normalized spacial score (nSPS) is 11.5. The third-order valence-corrected chi connectivity index (χ3v) is 6.18. The van der Waals surface area contributed by atoms with Gasteiger partial charge in [0.25, 0.3) is 6.73 Å². The summed E-state index contributed by atoms with van der Waals surface area (Å²) >= 11 is 0. The van der Waals surface area contributed by atoms with Gasteiger partial charge in [-0.25, -0.2) is 18.2 Å². The molecule has 0 fully saturated rings. The highest BCUT2D eigenvalue weighted by Crippen LogP contribution is 2.44. The molecule has 7 nitrogen and oxygen atoms in total. The van der Waals surface area contributed by atoms with Crippen LogP contribution < -0.4 is 18.6 Å². The maximum atomic E-state index is 13.2. The molecule has 4 aromatic rings. The molecule has 0 aliphatic heterocycles. The first-order valence-corrected chi connectivity index (χ1v) is 13.0. The molecule has 0 aliphatic rings. The number of aryl methyl sites for hydroxylation is 1. The Balaban J connectivity index is 1.84. The summed E-state index contributed by atoms with van der Waals surface area (Å²) < 4.78 is 80.5. The number of aromatic nitrogens is 2. The van der Waals surface area contributed by atoms with Crippen LogP contribution in [-0.2, 0) is 26.9 Å². The second-order valence-corrected chi connectivity index (χ2v) is 9.02. The Morgan fingerprint density at radius 3 is 1.68 bits per heavy atom. The van der Waals surface area contributed by atoms with Gasteiger partial charge in [-0.05, 0) is 49.2 Å². The Morgan fingerprint density at radius 1 is 0.737 bits per heavy atom. The van der Waals surface area contributed by atoms with Gasteiger partial charge in [-0.15, -0.1) is 0 Å². The number of rotatable bonds is 10. The fourth-order valence-corrected chi connectivity index (χ4v) is 4.33. The SMILES string of the molecule is CCOc1c(-c2cc[n+](COP(=O)=O)cc2)ccc2c(OCC(F)(F)F)c(-c3cc[n+](CC)cc3)ccc12. The Morgan fingerprint density at radius 2 is 1.24 bits per heavy atom. The van der Waals surface area contributed by atoms with Gasteiger partial charge < -0.3 is 9.47 Å². The van der Waals surface area contributed by atoms with Crippen molar-refractivity contribution in [2.24, 2.45) is 0 Å². The van der Waals surface area contributed by atoms with E-state index in [4.69, 9.17) is 9.47 Å². The Hall–Kier alpha value is -3.75. The second-order valence-electron chi connectivity index (χ2n) is 8.32. The Bertz CT molecular complexity index is 1480. The van der Waals surface area contributed by atoms with E-state index in [1.54, 1.807) is 47.3 Å². The van der Waals surface area contributed by atoms with E-state index >= 15 is 0 Å². The molecule has 0 radical (unpaired) electrons. The largest absolute Gasteiger partial charge is 0.493 e. The van der Waals surface area contributed by atoms with Crippen molar-refractivity contribution < 1.29 is 45.4 Å².